The Morgan fingerprint density at radius 1 is 1.17 bits per heavy atom. The van der Waals surface area contributed by atoms with Gasteiger partial charge in [-0.05, 0) is 54.7 Å². The maximum Gasteiger partial charge on any atom is 0.252 e. The van der Waals surface area contributed by atoms with Gasteiger partial charge in [-0.1, -0.05) is 29.8 Å². The van der Waals surface area contributed by atoms with Gasteiger partial charge in [0.15, 0.2) is 5.82 Å². The Bertz CT molecular complexity index is 1040. The molecular formula is C21H21ClN6O. The first-order valence-electron chi connectivity index (χ1n) is 9.38. The highest BCUT2D eigenvalue weighted by Crippen LogP contribution is 2.33. The summed E-state index contributed by atoms with van der Waals surface area (Å²) in [6.07, 6.45) is 4.67. The highest BCUT2D eigenvalue weighted by atomic mass is 35.5. The highest BCUT2D eigenvalue weighted by Gasteiger charge is 2.17. The van der Waals surface area contributed by atoms with E-state index in [9.17, 15) is 4.79 Å². The monoisotopic (exact) mass is 408 g/mol. The number of aromatic nitrogens is 2. The number of carbonyl (C=O) groups is 1. The molecule has 148 valence electrons. The smallest absolute Gasteiger partial charge is 0.252 e. The summed E-state index contributed by atoms with van der Waals surface area (Å²) in [4.78, 5) is 20.8. The van der Waals surface area contributed by atoms with Crippen LogP contribution in [0.25, 0.3) is 0 Å². The Hall–Kier alpha value is -3.32. The van der Waals surface area contributed by atoms with Crippen molar-refractivity contribution in [3.63, 3.8) is 0 Å². The van der Waals surface area contributed by atoms with Crippen LogP contribution in [0.5, 0.6) is 0 Å². The van der Waals surface area contributed by atoms with Gasteiger partial charge in [0.1, 0.15) is 5.02 Å². The van der Waals surface area contributed by atoms with Crippen LogP contribution in [0.3, 0.4) is 0 Å². The summed E-state index contributed by atoms with van der Waals surface area (Å²) in [5.74, 6) is 0.654. The van der Waals surface area contributed by atoms with E-state index < -0.39 is 0 Å². The molecule has 1 amide bonds. The molecule has 0 aliphatic heterocycles. The minimum Gasteiger partial charge on any atom is -0.399 e. The largest absolute Gasteiger partial charge is 0.399 e. The van der Waals surface area contributed by atoms with E-state index in [0.717, 1.165) is 24.9 Å². The van der Waals surface area contributed by atoms with Crippen LogP contribution < -0.4 is 21.7 Å². The molecule has 0 unspecified atom stereocenters. The van der Waals surface area contributed by atoms with Gasteiger partial charge in [-0.2, -0.15) is 4.98 Å². The fraction of sp³-hybridized carbons (Fsp3) is 0.190. The Morgan fingerprint density at radius 3 is 2.83 bits per heavy atom. The van der Waals surface area contributed by atoms with Crippen molar-refractivity contribution in [1.29, 1.82) is 0 Å². The van der Waals surface area contributed by atoms with Crippen LogP contribution in [-0.2, 0) is 12.8 Å². The molecule has 2 aromatic carbocycles. The normalized spacial score (nSPS) is 12.3. The molecule has 0 radical (unpaired) electrons. The van der Waals surface area contributed by atoms with Gasteiger partial charge in [0.2, 0.25) is 5.95 Å². The first-order valence-corrected chi connectivity index (χ1v) is 9.76. The van der Waals surface area contributed by atoms with E-state index >= 15 is 0 Å². The molecule has 1 aliphatic rings. The van der Waals surface area contributed by atoms with Gasteiger partial charge in [0.05, 0.1) is 12.9 Å². The number of amides is 1. The number of nitrogen functional groups attached to an aromatic ring is 1. The van der Waals surface area contributed by atoms with E-state index in [4.69, 9.17) is 17.3 Å². The number of halogens is 1. The Kier molecular flexibility index (Phi) is 5.48. The van der Waals surface area contributed by atoms with Crippen molar-refractivity contribution in [1.82, 2.24) is 15.3 Å². The topological polar surface area (TPSA) is 105 Å². The van der Waals surface area contributed by atoms with Crippen LogP contribution in [0.4, 0.5) is 23.1 Å². The van der Waals surface area contributed by atoms with E-state index in [1.165, 1.54) is 17.3 Å². The molecule has 0 atom stereocenters. The summed E-state index contributed by atoms with van der Waals surface area (Å²) in [6, 6.07) is 12.9. The van der Waals surface area contributed by atoms with E-state index in [2.05, 4.69) is 25.9 Å². The number of fused-ring (bicyclic) bond motifs is 1. The molecule has 0 saturated heterocycles. The van der Waals surface area contributed by atoms with E-state index in [1.807, 2.05) is 30.3 Å². The second-order valence-corrected chi connectivity index (χ2v) is 7.21. The third-order valence-electron chi connectivity index (χ3n) is 4.77. The second-order valence-electron chi connectivity index (χ2n) is 6.80. The minimum absolute atomic E-state index is 0.178. The quantitative estimate of drug-likeness (QED) is 0.366. The molecule has 5 N–H and O–H groups in total. The molecular weight excluding hydrogens is 388 g/mol. The maximum absolute atomic E-state index is 12.1. The number of carbonyl (C=O) groups excluding carboxylic acids is 1. The number of nitrogens with zero attached hydrogens (tertiary/aromatic N) is 2. The van der Waals surface area contributed by atoms with Crippen LogP contribution in [0.15, 0.2) is 48.7 Å². The zero-order chi connectivity index (χ0) is 20.2. The number of nitrogens with two attached hydrogens (primary N) is 1. The molecule has 0 bridgehead atoms. The van der Waals surface area contributed by atoms with Crippen molar-refractivity contribution in [3.8, 4) is 0 Å². The predicted molar refractivity (Wildman–Crippen MR) is 116 cm³/mol. The lowest BCUT2D eigenvalue weighted by Crippen LogP contribution is -2.29. The van der Waals surface area contributed by atoms with Crippen molar-refractivity contribution < 1.29 is 4.79 Å². The lowest BCUT2D eigenvalue weighted by molar-refractivity contribution is 0.0956. The summed E-state index contributed by atoms with van der Waals surface area (Å²) < 4.78 is 0. The van der Waals surface area contributed by atoms with Crippen molar-refractivity contribution in [2.45, 2.75) is 19.3 Å². The zero-order valence-corrected chi connectivity index (χ0v) is 16.5. The molecule has 1 aromatic heterocycles. The van der Waals surface area contributed by atoms with Gasteiger partial charge in [-0.25, -0.2) is 4.98 Å². The molecule has 1 heterocycles. The minimum atomic E-state index is -0.183. The van der Waals surface area contributed by atoms with E-state index in [-0.39, 0.29) is 12.6 Å². The number of aryl methyl sites for hydroxylation is 1. The molecule has 3 aromatic rings. The first-order chi connectivity index (χ1) is 14.1. The van der Waals surface area contributed by atoms with Gasteiger partial charge in [-0.3, -0.25) is 4.79 Å². The molecule has 0 spiro atoms. The number of anilines is 4. The summed E-state index contributed by atoms with van der Waals surface area (Å²) in [7, 11) is 0. The molecule has 7 nitrogen and oxygen atoms in total. The summed E-state index contributed by atoms with van der Waals surface area (Å²) in [6.45, 7) is 0.178. The second kappa shape index (κ2) is 8.36. The Balaban J connectivity index is 1.44. The first kappa shape index (κ1) is 19.0. The van der Waals surface area contributed by atoms with Gasteiger partial charge >= 0.3 is 0 Å². The van der Waals surface area contributed by atoms with Gasteiger partial charge < -0.3 is 21.7 Å². The average Bonchev–Trinajstić information content (AvgIpc) is 3.19. The fourth-order valence-electron chi connectivity index (χ4n) is 3.41. The summed E-state index contributed by atoms with van der Waals surface area (Å²) >= 11 is 6.20. The van der Waals surface area contributed by atoms with Crippen LogP contribution in [0, 0.1) is 0 Å². The molecule has 1 aliphatic carbocycles. The molecule has 0 saturated carbocycles. The Morgan fingerprint density at radius 2 is 2.00 bits per heavy atom. The van der Waals surface area contributed by atoms with Crippen LogP contribution >= 0.6 is 11.6 Å². The van der Waals surface area contributed by atoms with Crippen LogP contribution in [-0.4, -0.2) is 22.5 Å². The number of nitrogens with one attached hydrogen (secondary N) is 3. The standard InChI is InChI=1S/C21H21ClN6O/c22-17-11-24-21(27-18-10-15(23)9-14-7-4-8-16(14)18)28-19(17)25-12-26-20(29)13-5-2-1-3-6-13/h1-3,5-6,9-11H,4,7-8,12,23H2,(H,26,29)(H2,24,25,27,28). The molecule has 4 rings (SSSR count). The third-order valence-corrected chi connectivity index (χ3v) is 5.05. The Labute approximate surface area is 173 Å². The van der Waals surface area contributed by atoms with Crippen molar-refractivity contribution in [2.75, 3.05) is 23.0 Å². The van der Waals surface area contributed by atoms with Gasteiger partial charge in [0, 0.05) is 16.9 Å². The SMILES string of the molecule is Nc1cc2c(c(Nc3ncc(Cl)c(NCNC(=O)c4ccccc4)n3)c1)CCC2. The van der Waals surface area contributed by atoms with Crippen molar-refractivity contribution in [2.24, 2.45) is 0 Å². The lowest BCUT2D eigenvalue weighted by Gasteiger charge is -2.13. The zero-order valence-electron chi connectivity index (χ0n) is 15.7. The predicted octanol–water partition coefficient (Wildman–Crippen LogP) is 3.74. The highest BCUT2D eigenvalue weighted by molar-refractivity contribution is 6.32. The molecule has 8 heteroatoms. The van der Waals surface area contributed by atoms with Crippen LogP contribution in [0.1, 0.15) is 27.9 Å². The number of rotatable bonds is 6. The van der Waals surface area contributed by atoms with Gasteiger partial charge in [0.25, 0.3) is 5.91 Å². The third kappa shape index (κ3) is 4.41. The van der Waals surface area contributed by atoms with E-state index in [0.29, 0.717) is 28.0 Å². The average molecular weight is 409 g/mol. The lowest BCUT2D eigenvalue weighted by atomic mass is 10.1. The van der Waals surface area contributed by atoms with Crippen LogP contribution in [0.2, 0.25) is 5.02 Å². The van der Waals surface area contributed by atoms with E-state index in [1.54, 1.807) is 12.1 Å². The molecule has 29 heavy (non-hydrogen) atoms. The van der Waals surface area contributed by atoms with Crippen molar-refractivity contribution >= 4 is 40.6 Å². The number of benzene rings is 2. The number of hydrogen-bond acceptors (Lipinski definition) is 6. The summed E-state index contributed by atoms with van der Waals surface area (Å²) in [5.41, 5.74) is 10.8. The maximum atomic E-state index is 12.1. The fourth-order valence-corrected chi connectivity index (χ4v) is 3.57. The number of hydrogen-bond donors (Lipinski definition) is 4. The van der Waals surface area contributed by atoms with Crippen molar-refractivity contribution in [3.05, 3.63) is 70.4 Å². The molecule has 0 fully saturated rings. The summed E-state index contributed by atoms with van der Waals surface area (Å²) in [5, 5.41) is 9.42. The van der Waals surface area contributed by atoms with Gasteiger partial charge in [-0.15, -0.1) is 0 Å².